The van der Waals surface area contributed by atoms with Crippen molar-refractivity contribution in [3.63, 3.8) is 0 Å². The van der Waals surface area contributed by atoms with Gasteiger partial charge in [0.25, 0.3) is 5.91 Å². The van der Waals surface area contributed by atoms with E-state index in [4.69, 9.17) is 16.0 Å². The van der Waals surface area contributed by atoms with Crippen LogP contribution < -0.4 is 5.32 Å². The molecule has 1 aromatic carbocycles. The number of amides is 1. The van der Waals surface area contributed by atoms with E-state index in [2.05, 4.69) is 10.3 Å². The lowest BCUT2D eigenvalue weighted by Gasteiger charge is -2.08. The summed E-state index contributed by atoms with van der Waals surface area (Å²) in [6.45, 7) is 1.88. The fraction of sp³-hybridized carbons (Fsp3) is 0.0667. The number of pyridine rings is 1. The number of carbonyl (C=O) groups is 1. The molecule has 0 atom stereocenters. The zero-order valence-electron chi connectivity index (χ0n) is 10.7. The van der Waals surface area contributed by atoms with Gasteiger partial charge in [0.15, 0.2) is 11.0 Å². The van der Waals surface area contributed by atoms with Gasteiger partial charge in [0.2, 0.25) is 0 Å². The standard InChI is InChI=1S/C15H11ClN2O2/c1-9-8-12(10-4-2-3-5-11(10)17-9)18-15(19)13-6-7-14(16)20-13/h2-8H,1H3,(H,17,18,19). The topological polar surface area (TPSA) is 55.1 Å². The highest BCUT2D eigenvalue weighted by Crippen LogP contribution is 2.24. The Kier molecular flexibility index (Phi) is 3.16. The molecule has 0 fully saturated rings. The van der Waals surface area contributed by atoms with E-state index >= 15 is 0 Å². The number of halogens is 1. The van der Waals surface area contributed by atoms with Crippen LogP contribution in [0.3, 0.4) is 0 Å². The smallest absolute Gasteiger partial charge is 0.291 e. The number of nitrogens with one attached hydrogen (secondary N) is 1. The number of anilines is 1. The fourth-order valence-electron chi connectivity index (χ4n) is 2.03. The normalized spacial score (nSPS) is 10.7. The predicted octanol–water partition coefficient (Wildman–Crippen LogP) is 4.04. The molecule has 0 saturated carbocycles. The Morgan fingerprint density at radius 3 is 2.80 bits per heavy atom. The second kappa shape index (κ2) is 4.98. The summed E-state index contributed by atoms with van der Waals surface area (Å²) >= 11 is 5.67. The number of furan rings is 1. The van der Waals surface area contributed by atoms with E-state index in [0.29, 0.717) is 5.69 Å². The highest BCUT2D eigenvalue weighted by atomic mass is 35.5. The van der Waals surface area contributed by atoms with Gasteiger partial charge >= 0.3 is 0 Å². The van der Waals surface area contributed by atoms with Gasteiger partial charge in [-0.25, -0.2) is 0 Å². The predicted molar refractivity (Wildman–Crippen MR) is 78.2 cm³/mol. The van der Waals surface area contributed by atoms with E-state index < -0.39 is 0 Å². The molecule has 1 N–H and O–H groups in total. The number of hydrogen-bond acceptors (Lipinski definition) is 3. The third-order valence-electron chi connectivity index (χ3n) is 2.89. The Labute approximate surface area is 120 Å². The first-order valence-electron chi connectivity index (χ1n) is 6.06. The van der Waals surface area contributed by atoms with Crippen molar-refractivity contribution < 1.29 is 9.21 Å². The summed E-state index contributed by atoms with van der Waals surface area (Å²) < 4.78 is 5.10. The molecular weight excluding hydrogens is 276 g/mol. The number of aromatic nitrogens is 1. The highest BCUT2D eigenvalue weighted by molar-refractivity contribution is 6.29. The van der Waals surface area contributed by atoms with Crippen molar-refractivity contribution in [2.45, 2.75) is 6.92 Å². The molecular formula is C15H11ClN2O2. The van der Waals surface area contributed by atoms with Gasteiger partial charge in [-0.15, -0.1) is 0 Å². The first-order chi connectivity index (χ1) is 9.63. The summed E-state index contributed by atoms with van der Waals surface area (Å²) in [5.41, 5.74) is 2.36. The van der Waals surface area contributed by atoms with Crippen molar-refractivity contribution in [3.05, 3.63) is 59.1 Å². The van der Waals surface area contributed by atoms with Gasteiger partial charge in [0.05, 0.1) is 11.2 Å². The van der Waals surface area contributed by atoms with E-state index in [1.807, 2.05) is 37.3 Å². The third kappa shape index (κ3) is 2.38. The van der Waals surface area contributed by atoms with Crippen molar-refractivity contribution in [2.75, 3.05) is 5.32 Å². The van der Waals surface area contributed by atoms with E-state index in [-0.39, 0.29) is 16.9 Å². The van der Waals surface area contributed by atoms with Crippen molar-refractivity contribution in [1.82, 2.24) is 4.98 Å². The Balaban J connectivity index is 2.00. The number of benzene rings is 1. The van der Waals surface area contributed by atoms with Crippen LogP contribution >= 0.6 is 11.6 Å². The molecule has 0 aliphatic heterocycles. The molecule has 1 amide bonds. The maximum Gasteiger partial charge on any atom is 0.291 e. The maximum absolute atomic E-state index is 12.1. The van der Waals surface area contributed by atoms with Gasteiger partial charge in [-0.3, -0.25) is 9.78 Å². The van der Waals surface area contributed by atoms with Crippen molar-refractivity contribution >= 4 is 34.1 Å². The second-order valence-corrected chi connectivity index (χ2v) is 4.76. The lowest BCUT2D eigenvalue weighted by molar-refractivity contribution is 0.0997. The van der Waals surface area contributed by atoms with E-state index in [1.165, 1.54) is 12.1 Å². The van der Waals surface area contributed by atoms with Crippen LogP contribution in [0, 0.1) is 6.92 Å². The van der Waals surface area contributed by atoms with Gasteiger partial charge in [0.1, 0.15) is 0 Å². The molecule has 3 rings (SSSR count). The SMILES string of the molecule is Cc1cc(NC(=O)c2ccc(Cl)o2)c2ccccc2n1. The molecule has 20 heavy (non-hydrogen) atoms. The maximum atomic E-state index is 12.1. The lowest BCUT2D eigenvalue weighted by Crippen LogP contribution is -2.11. The fourth-order valence-corrected chi connectivity index (χ4v) is 2.18. The number of para-hydroxylation sites is 1. The van der Waals surface area contributed by atoms with Gasteiger partial charge in [-0.2, -0.15) is 0 Å². The summed E-state index contributed by atoms with van der Waals surface area (Å²) in [7, 11) is 0. The number of rotatable bonds is 2. The number of nitrogens with zero attached hydrogens (tertiary/aromatic N) is 1. The number of carbonyl (C=O) groups excluding carboxylic acids is 1. The van der Waals surface area contributed by atoms with Gasteiger partial charge in [-0.1, -0.05) is 18.2 Å². The highest BCUT2D eigenvalue weighted by Gasteiger charge is 2.13. The van der Waals surface area contributed by atoms with Gasteiger partial charge in [0, 0.05) is 11.1 Å². The third-order valence-corrected chi connectivity index (χ3v) is 3.09. The van der Waals surface area contributed by atoms with Gasteiger partial charge < -0.3 is 9.73 Å². The van der Waals surface area contributed by atoms with Crippen LogP contribution in [0.4, 0.5) is 5.69 Å². The molecule has 0 radical (unpaired) electrons. The number of aryl methyl sites for hydroxylation is 1. The molecule has 0 saturated heterocycles. The molecule has 0 spiro atoms. The minimum absolute atomic E-state index is 0.175. The van der Waals surface area contributed by atoms with Crippen LogP contribution in [-0.4, -0.2) is 10.9 Å². The Morgan fingerprint density at radius 2 is 2.05 bits per heavy atom. The van der Waals surface area contributed by atoms with E-state index in [0.717, 1.165) is 16.6 Å². The average molecular weight is 287 g/mol. The summed E-state index contributed by atoms with van der Waals surface area (Å²) in [6.07, 6.45) is 0. The first-order valence-corrected chi connectivity index (χ1v) is 6.44. The van der Waals surface area contributed by atoms with Crippen LogP contribution in [0.15, 0.2) is 46.9 Å². The molecule has 4 nitrogen and oxygen atoms in total. The Hall–Kier alpha value is -2.33. The largest absolute Gasteiger partial charge is 0.440 e. The molecule has 0 unspecified atom stereocenters. The molecule has 0 aliphatic carbocycles. The van der Waals surface area contributed by atoms with Crippen LogP contribution in [0.2, 0.25) is 5.22 Å². The van der Waals surface area contributed by atoms with Crippen molar-refractivity contribution in [1.29, 1.82) is 0 Å². The van der Waals surface area contributed by atoms with Crippen LogP contribution in [0.1, 0.15) is 16.2 Å². The molecule has 5 heteroatoms. The number of hydrogen-bond donors (Lipinski definition) is 1. The van der Waals surface area contributed by atoms with Crippen LogP contribution in [-0.2, 0) is 0 Å². The quantitative estimate of drug-likeness (QED) is 0.773. The van der Waals surface area contributed by atoms with Crippen molar-refractivity contribution in [2.24, 2.45) is 0 Å². The summed E-state index contributed by atoms with van der Waals surface area (Å²) in [6, 6.07) is 12.5. The summed E-state index contributed by atoms with van der Waals surface area (Å²) in [4.78, 5) is 16.5. The van der Waals surface area contributed by atoms with E-state index in [9.17, 15) is 4.79 Å². The molecule has 0 aliphatic rings. The summed E-state index contributed by atoms with van der Waals surface area (Å²) in [5, 5.41) is 3.89. The van der Waals surface area contributed by atoms with Crippen LogP contribution in [0.5, 0.6) is 0 Å². The molecule has 3 aromatic rings. The first kappa shape index (κ1) is 12.7. The number of fused-ring (bicyclic) bond motifs is 1. The lowest BCUT2D eigenvalue weighted by atomic mass is 10.1. The summed E-state index contributed by atoms with van der Waals surface area (Å²) in [5.74, 6) is -0.166. The van der Waals surface area contributed by atoms with Gasteiger partial charge in [-0.05, 0) is 42.8 Å². The Bertz CT molecular complexity index is 795. The van der Waals surface area contributed by atoms with Crippen LogP contribution in [0.25, 0.3) is 10.9 Å². The minimum Gasteiger partial charge on any atom is -0.440 e. The average Bonchev–Trinajstić information content (AvgIpc) is 2.85. The van der Waals surface area contributed by atoms with Crippen molar-refractivity contribution in [3.8, 4) is 0 Å². The second-order valence-electron chi connectivity index (χ2n) is 4.39. The molecule has 2 heterocycles. The molecule has 100 valence electrons. The zero-order chi connectivity index (χ0) is 14.1. The minimum atomic E-state index is -0.340. The monoisotopic (exact) mass is 286 g/mol. The Morgan fingerprint density at radius 1 is 1.25 bits per heavy atom. The molecule has 2 aromatic heterocycles. The molecule has 0 bridgehead atoms. The zero-order valence-corrected chi connectivity index (χ0v) is 11.4. The van der Waals surface area contributed by atoms with E-state index in [1.54, 1.807) is 0 Å².